The van der Waals surface area contributed by atoms with Gasteiger partial charge < -0.3 is 4.42 Å². The average Bonchev–Trinajstić information content (AvgIpc) is 2.79. The molecule has 0 saturated heterocycles. The minimum Gasteiger partial charge on any atom is -0.472 e. The Morgan fingerprint density at radius 1 is 1.41 bits per heavy atom. The van der Waals surface area contributed by atoms with Crippen molar-refractivity contribution >= 4 is 15.9 Å². The molecule has 17 heavy (non-hydrogen) atoms. The van der Waals surface area contributed by atoms with Gasteiger partial charge in [-0.25, -0.2) is 4.39 Å². The van der Waals surface area contributed by atoms with E-state index in [1.165, 1.54) is 12.1 Å². The van der Waals surface area contributed by atoms with Crippen LogP contribution in [0.15, 0.2) is 45.7 Å². The second kappa shape index (κ2) is 5.44. The molecule has 1 heterocycles. The summed E-state index contributed by atoms with van der Waals surface area (Å²) in [5.41, 5.74) is 4.67. The Labute approximate surface area is 107 Å². The highest BCUT2D eigenvalue weighted by Gasteiger charge is 2.14. The summed E-state index contributed by atoms with van der Waals surface area (Å²) in [4.78, 5) is 0. The predicted octanol–water partition coefficient (Wildman–Crippen LogP) is 2.93. The predicted molar refractivity (Wildman–Crippen MR) is 66.6 cm³/mol. The summed E-state index contributed by atoms with van der Waals surface area (Å²) in [5.74, 6) is 5.26. The van der Waals surface area contributed by atoms with Crippen LogP contribution in [0.5, 0.6) is 0 Å². The Morgan fingerprint density at radius 3 is 2.82 bits per heavy atom. The lowest BCUT2D eigenvalue weighted by molar-refractivity contribution is 0.533. The zero-order valence-corrected chi connectivity index (χ0v) is 10.6. The van der Waals surface area contributed by atoms with Gasteiger partial charge in [0.05, 0.1) is 18.6 Å². The molecule has 0 saturated carbocycles. The molecule has 2 rings (SSSR count). The Bertz CT molecular complexity index is 487. The molecule has 0 spiro atoms. The molecule has 3 nitrogen and oxygen atoms in total. The van der Waals surface area contributed by atoms with E-state index in [4.69, 9.17) is 10.3 Å². The molecule has 0 aliphatic carbocycles. The molecule has 1 aromatic carbocycles. The monoisotopic (exact) mass is 298 g/mol. The van der Waals surface area contributed by atoms with Crippen molar-refractivity contribution in [3.63, 3.8) is 0 Å². The van der Waals surface area contributed by atoms with E-state index in [0.29, 0.717) is 10.9 Å². The van der Waals surface area contributed by atoms with E-state index in [9.17, 15) is 4.39 Å². The lowest BCUT2D eigenvalue weighted by Gasteiger charge is -2.17. The standard InChI is InChI=1S/C12H12BrFN2O/c13-11-6-9(14)1-2-10(11)12(16-15)5-8-3-4-17-7-8/h1-4,6-7,12,16H,5,15H2. The van der Waals surface area contributed by atoms with Crippen LogP contribution in [-0.4, -0.2) is 0 Å². The zero-order valence-electron chi connectivity index (χ0n) is 8.99. The Kier molecular flexibility index (Phi) is 3.93. The largest absolute Gasteiger partial charge is 0.472 e. The first-order chi connectivity index (χ1) is 8.20. The van der Waals surface area contributed by atoms with Crippen molar-refractivity contribution in [1.82, 2.24) is 5.43 Å². The first-order valence-corrected chi connectivity index (χ1v) is 5.92. The Balaban J connectivity index is 2.23. The Morgan fingerprint density at radius 2 is 2.24 bits per heavy atom. The van der Waals surface area contributed by atoms with Crippen molar-refractivity contribution in [3.05, 3.63) is 58.2 Å². The molecule has 3 N–H and O–H groups in total. The quantitative estimate of drug-likeness (QED) is 0.674. The number of nitrogens with one attached hydrogen (secondary N) is 1. The van der Waals surface area contributed by atoms with E-state index < -0.39 is 0 Å². The van der Waals surface area contributed by atoms with E-state index in [1.54, 1.807) is 18.6 Å². The molecular formula is C12H12BrFN2O. The van der Waals surface area contributed by atoms with Gasteiger partial charge in [0, 0.05) is 4.47 Å². The lowest BCUT2D eigenvalue weighted by Crippen LogP contribution is -2.29. The van der Waals surface area contributed by atoms with Crippen molar-refractivity contribution in [2.24, 2.45) is 5.84 Å². The zero-order chi connectivity index (χ0) is 12.3. The SMILES string of the molecule is NNC(Cc1ccoc1)c1ccc(F)cc1Br. The van der Waals surface area contributed by atoms with Gasteiger partial charge in [-0.05, 0) is 35.7 Å². The third kappa shape index (κ3) is 2.94. The van der Waals surface area contributed by atoms with Crippen LogP contribution in [0.2, 0.25) is 0 Å². The fraction of sp³-hybridized carbons (Fsp3) is 0.167. The first kappa shape index (κ1) is 12.3. The van der Waals surface area contributed by atoms with Gasteiger partial charge in [0.25, 0.3) is 0 Å². The Hall–Kier alpha value is -1.17. The average molecular weight is 299 g/mol. The molecule has 5 heteroatoms. The summed E-state index contributed by atoms with van der Waals surface area (Å²) in [7, 11) is 0. The van der Waals surface area contributed by atoms with Crippen LogP contribution < -0.4 is 11.3 Å². The van der Waals surface area contributed by atoms with Crippen LogP contribution in [0.25, 0.3) is 0 Å². The highest BCUT2D eigenvalue weighted by atomic mass is 79.9. The van der Waals surface area contributed by atoms with Gasteiger partial charge in [0.1, 0.15) is 5.82 Å². The number of hydrazine groups is 1. The number of hydrogen-bond acceptors (Lipinski definition) is 3. The smallest absolute Gasteiger partial charge is 0.124 e. The number of rotatable bonds is 4. The second-order valence-corrected chi connectivity index (χ2v) is 4.58. The molecule has 0 amide bonds. The van der Waals surface area contributed by atoms with Crippen molar-refractivity contribution in [1.29, 1.82) is 0 Å². The first-order valence-electron chi connectivity index (χ1n) is 5.13. The molecule has 0 aliphatic rings. The fourth-order valence-corrected chi connectivity index (χ4v) is 2.31. The van der Waals surface area contributed by atoms with Gasteiger partial charge in [-0.3, -0.25) is 11.3 Å². The van der Waals surface area contributed by atoms with Crippen molar-refractivity contribution < 1.29 is 8.81 Å². The molecule has 1 aromatic heterocycles. The molecule has 2 aromatic rings. The maximum atomic E-state index is 13.0. The van der Waals surface area contributed by atoms with Gasteiger partial charge in [-0.1, -0.05) is 22.0 Å². The van der Waals surface area contributed by atoms with E-state index >= 15 is 0 Å². The fourth-order valence-electron chi connectivity index (χ4n) is 1.69. The van der Waals surface area contributed by atoms with Crippen LogP contribution in [-0.2, 0) is 6.42 Å². The van der Waals surface area contributed by atoms with Gasteiger partial charge >= 0.3 is 0 Å². The molecule has 0 fully saturated rings. The van der Waals surface area contributed by atoms with Gasteiger partial charge in [-0.15, -0.1) is 0 Å². The van der Waals surface area contributed by atoms with Gasteiger partial charge in [0.15, 0.2) is 0 Å². The summed E-state index contributed by atoms with van der Waals surface area (Å²) in [5, 5.41) is 0. The molecule has 0 radical (unpaired) electrons. The molecular weight excluding hydrogens is 287 g/mol. The highest BCUT2D eigenvalue weighted by Crippen LogP contribution is 2.26. The topological polar surface area (TPSA) is 51.2 Å². The number of nitrogens with two attached hydrogens (primary N) is 1. The highest BCUT2D eigenvalue weighted by molar-refractivity contribution is 9.10. The molecule has 1 unspecified atom stereocenters. The molecule has 0 aliphatic heterocycles. The summed E-state index contributed by atoms with van der Waals surface area (Å²) >= 11 is 3.33. The van der Waals surface area contributed by atoms with Crippen molar-refractivity contribution in [3.8, 4) is 0 Å². The van der Waals surface area contributed by atoms with E-state index in [2.05, 4.69) is 21.4 Å². The second-order valence-electron chi connectivity index (χ2n) is 3.72. The normalized spacial score (nSPS) is 12.6. The molecule has 1 atom stereocenters. The summed E-state index contributed by atoms with van der Waals surface area (Å²) in [6, 6.07) is 6.34. The maximum absolute atomic E-state index is 13.0. The molecule has 90 valence electrons. The van der Waals surface area contributed by atoms with Crippen LogP contribution in [0, 0.1) is 5.82 Å². The van der Waals surface area contributed by atoms with Crippen LogP contribution in [0.3, 0.4) is 0 Å². The summed E-state index contributed by atoms with van der Waals surface area (Å²) in [6.45, 7) is 0. The number of halogens is 2. The lowest BCUT2D eigenvalue weighted by atomic mass is 10.0. The molecule has 0 bridgehead atoms. The van der Waals surface area contributed by atoms with Crippen LogP contribution in [0.4, 0.5) is 4.39 Å². The third-order valence-electron chi connectivity index (χ3n) is 2.56. The summed E-state index contributed by atoms with van der Waals surface area (Å²) < 4.78 is 18.7. The maximum Gasteiger partial charge on any atom is 0.124 e. The third-order valence-corrected chi connectivity index (χ3v) is 3.25. The summed E-state index contributed by atoms with van der Waals surface area (Å²) in [6.07, 6.45) is 3.96. The van der Waals surface area contributed by atoms with Crippen molar-refractivity contribution in [2.75, 3.05) is 0 Å². The van der Waals surface area contributed by atoms with E-state index in [0.717, 1.165) is 11.1 Å². The number of benzene rings is 1. The van der Waals surface area contributed by atoms with Crippen LogP contribution >= 0.6 is 15.9 Å². The van der Waals surface area contributed by atoms with Crippen molar-refractivity contribution in [2.45, 2.75) is 12.5 Å². The van der Waals surface area contributed by atoms with E-state index in [1.807, 2.05) is 6.07 Å². The minimum atomic E-state index is -0.278. The minimum absolute atomic E-state index is 0.0948. The van der Waals surface area contributed by atoms with Gasteiger partial charge in [-0.2, -0.15) is 0 Å². The number of furan rings is 1. The van der Waals surface area contributed by atoms with Crippen LogP contribution in [0.1, 0.15) is 17.2 Å². The van der Waals surface area contributed by atoms with Gasteiger partial charge in [0.2, 0.25) is 0 Å². The van der Waals surface area contributed by atoms with E-state index in [-0.39, 0.29) is 11.9 Å². The number of hydrogen-bond donors (Lipinski definition) is 2.